The summed E-state index contributed by atoms with van der Waals surface area (Å²) in [6.07, 6.45) is 3.66. The summed E-state index contributed by atoms with van der Waals surface area (Å²) in [5, 5.41) is 3.44. The number of rotatable bonds is 1. The van der Waals surface area contributed by atoms with Crippen LogP contribution in [0.25, 0.3) is 10.1 Å². The van der Waals surface area contributed by atoms with E-state index in [2.05, 4.69) is 33.5 Å². The number of hydrogen-bond donors (Lipinski definition) is 0. The molecule has 3 aromatic rings. The molecule has 1 aliphatic heterocycles. The maximum absolute atomic E-state index is 5.88. The van der Waals surface area contributed by atoms with Crippen LogP contribution in [-0.4, -0.2) is 18.1 Å². The highest BCUT2D eigenvalue weighted by Crippen LogP contribution is 2.43. The summed E-state index contributed by atoms with van der Waals surface area (Å²) in [5.41, 5.74) is 2.40. The van der Waals surface area contributed by atoms with Crippen molar-refractivity contribution in [2.75, 3.05) is 18.1 Å². The minimum absolute atomic E-state index is 0.695. The van der Waals surface area contributed by atoms with E-state index in [1.807, 2.05) is 24.5 Å². The van der Waals surface area contributed by atoms with Crippen LogP contribution in [0, 0.1) is 0 Å². The standard InChI is InChI=1S/C15H12N2OS/c1-2-13-15-12(10-19-14(15)3-1)17(8-9-18-13)11-4-6-16-7-5-11/h1-7,10H,8-9H2. The Kier molecular flexibility index (Phi) is 2.42. The van der Waals surface area contributed by atoms with Gasteiger partial charge in [0.25, 0.3) is 0 Å². The minimum Gasteiger partial charge on any atom is -0.491 e. The van der Waals surface area contributed by atoms with Gasteiger partial charge in [0.1, 0.15) is 12.4 Å². The first-order chi connectivity index (χ1) is 9.43. The molecule has 0 aliphatic carbocycles. The average Bonchev–Trinajstić information content (AvgIpc) is 2.79. The quantitative estimate of drug-likeness (QED) is 0.670. The largest absolute Gasteiger partial charge is 0.491 e. The van der Waals surface area contributed by atoms with Gasteiger partial charge in [0.05, 0.1) is 17.6 Å². The Bertz CT molecular complexity index is 723. The fourth-order valence-corrected chi connectivity index (χ4v) is 3.48. The van der Waals surface area contributed by atoms with Crippen LogP contribution >= 0.6 is 11.3 Å². The van der Waals surface area contributed by atoms with Crippen molar-refractivity contribution in [3.63, 3.8) is 0 Å². The van der Waals surface area contributed by atoms with Gasteiger partial charge in [-0.25, -0.2) is 0 Å². The van der Waals surface area contributed by atoms with Gasteiger partial charge in [0.15, 0.2) is 0 Å². The van der Waals surface area contributed by atoms with Crippen molar-refractivity contribution in [2.24, 2.45) is 0 Å². The zero-order valence-corrected chi connectivity index (χ0v) is 11.1. The van der Waals surface area contributed by atoms with Gasteiger partial charge < -0.3 is 9.64 Å². The van der Waals surface area contributed by atoms with E-state index in [4.69, 9.17) is 4.74 Å². The second kappa shape index (κ2) is 4.24. The maximum Gasteiger partial charge on any atom is 0.130 e. The number of thiophene rings is 1. The molecule has 1 aromatic carbocycles. The van der Waals surface area contributed by atoms with E-state index in [9.17, 15) is 0 Å². The lowest BCUT2D eigenvalue weighted by Gasteiger charge is -2.21. The molecule has 3 heterocycles. The fourth-order valence-electron chi connectivity index (χ4n) is 2.52. The lowest BCUT2D eigenvalue weighted by atomic mass is 10.2. The molecule has 0 fully saturated rings. The first kappa shape index (κ1) is 10.8. The van der Waals surface area contributed by atoms with E-state index < -0.39 is 0 Å². The first-order valence-corrected chi connectivity index (χ1v) is 7.12. The van der Waals surface area contributed by atoms with Gasteiger partial charge in [0.2, 0.25) is 0 Å². The average molecular weight is 268 g/mol. The number of nitrogens with zero attached hydrogens (tertiary/aromatic N) is 2. The Labute approximate surface area is 115 Å². The molecule has 0 saturated carbocycles. The van der Waals surface area contributed by atoms with Crippen LogP contribution in [0.1, 0.15) is 0 Å². The summed E-state index contributed by atoms with van der Waals surface area (Å²) in [5.74, 6) is 0.991. The molecule has 0 amide bonds. The Balaban J connectivity index is 1.95. The second-order valence-electron chi connectivity index (χ2n) is 4.46. The van der Waals surface area contributed by atoms with Gasteiger partial charge in [-0.15, -0.1) is 11.3 Å². The van der Waals surface area contributed by atoms with Gasteiger partial charge in [0, 0.05) is 28.2 Å². The molecular formula is C15H12N2OS. The third-order valence-electron chi connectivity index (χ3n) is 3.38. The molecule has 0 unspecified atom stereocenters. The molecule has 3 nitrogen and oxygen atoms in total. The highest BCUT2D eigenvalue weighted by Gasteiger charge is 2.20. The Morgan fingerprint density at radius 2 is 2.05 bits per heavy atom. The number of anilines is 2. The van der Waals surface area contributed by atoms with Crippen molar-refractivity contribution < 1.29 is 4.74 Å². The van der Waals surface area contributed by atoms with Gasteiger partial charge in [-0.05, 0) is 24.3 Å². The summed E-state index contributed by atoms with van der Waals surface area (Å²) >= 11 is 1.76. The van der Waals surface area contributed by atoms with Crippen LogP contribution in [0.3, 0.4) is 0 Å². The summed E-state index contributed by atoms with van der Waals surface area (Å²) < 4.78 is 7.15. The number of aromatic nitrogens is 1. The molecule has 19 heavy (non-hydrogen) atoms. The number of benzene rings is 1. The zero-order valence-electron chi connectivity index (χ0n) is 10.2. The Hall–Kier alpha value is -2.07. The fraction of sp³-hybridized carbons (Fsp3) is 0.133. The normalized spacial score (nSPS) is 14.2. The molecule has 94 valence electrons. The van der Waals surface area contributed by atoms with Gasteiger partial charge >= 0.3 is 0 Å². The number of hydrogen-bond acceptors (Lipinski definition) is 4. The molecular weight excluding hydrogens is 256 g/mol. The molecule has 2 aromatic heterocycles. The monoisotopic (exact) mass is 268 g/mol. The van der Waals surface area contributed by atoms with Crippen LogP contribution in [0.5, 0.6) is 5.75 Å². The van der Waals surface area contributed by atoms with Crippen LogP contribution in [0.2, 0.25) is 0 Å². The molecule has 0 atom stereocenters. The Morgan fingerprint density at radius 3 is 2.95 bits per heavy atom. The zero-order chi connectivity index (χ0) is 12.7. The van der Waals surface area contributed by atoms with Gasteiger partial charge in [-0.2, -0.15) is 0 Å². The summed E-state index contributed by atoms with van der Waals surface area (Å²) in [4.78, 5) is 6.39. The van der Waals surface area contributed by atoms with E-state index in [0.29, 0.717) is 6.61 Å². The topological polar surface area (TPSA) is 25.4 Å². The van der Waals surface area contributed by atoms with Crippen molar-refractivity contribution in [2.45, 2.75) is 0 Å². The lowest BCUT2D eigenvalue weighted by Crippen LogP contribution is -2.21. The molecule has 0 radical (unpaired) electrons. The summed E-state index contributed by atoms with van der Waals surface area (Å²) in [6, 6.07) is 10.3. The predicted octanol–water partition coefficient (Wildman–Crippen LogP) is 3.83. The Morgan fingerprint density at radius 1 is 1.16 bits per heavy atom. The van der Waals surface area contributed by atoms with Crippen molar-refractivity contribution in [3.8, 4) is 5.75 Å². The van der Waals surface area contributed by atoms with Crippen LogP contribution in [0.4, 0.5) is 11.4 Å². The molecule has 0 saturated heterocycles. The van der Waals surface area contributed by atoms with Crippen molar-refractivity contribution in [1.82, 2.24) is 4.98 Å². The second-order valence-corrected chi connectivity index (χ2v) is 5.37. The van der Waals surface area contributed by atoms with Crippen molar-refractivity contribution in [1.29, 1.82) is 0 Å². The minimum atomic E-state index is 0.695. The van der Waals surface area contributed by atoms with E-state index in [1.165, 1.54) is 15.8 Å². The third kappa shape index (κ3) is 1.68. The summed E-state index contributed by atoms with van der Waals surface area (Å²) in [7, 11) is 0. The SMILES string of the molecule is c1cc2c3c(csc3c1)N(c1ccncc1)CCO2. The number of pyridine rings is 1. The lowest BCUT2D eigenvalue weighted by molar-refractivity contribution is 0.335. The molecule has 1 aliphatic rings. The highest BCUT2D eigenvalue weighted by molar-refractivity contribution is 7.17. The molecule has 4 rings (SSSR count). The van der Waals surface area contributed by atoms with Crippen molar-refractivity contribution >= 4 is 32.8 Å². The molecule has 0 spiro atoms. The highest BCUT2D eigenvalue weighted by atomic mass is 32.1. The first-order valence-electron chi connectivity index (χ1n) is 6.24. The van der Waals surface area contributed by atoms with Crippen LogP contribution in [-0.2, 0) is 0 Å². The van der Waals surface area contributed by atoms with Crippen LogP contribution < -0.4 is 9.64 Å². The molecule has 4 heteroatoms. The smallest absolute Gasteiger partial charge is 0.130 e. The van der Waals surface area contributed by atoms with E-state index in [0.717, 1.165) is 18.0 Å². The van der Waals surface area contributed by atoms with Crippen molar-refractivity contribution in [3.05, 3.63) is 48.1 Å². The van der Waals surface area contributed by atoms with E-state index >= 15 is 0 Å². The van der Waals surface area contributed by atoms with Crippen LogP contribution in [0.15, 0.2) is 48.1 Å². The van der Waals surface area contributed by atoms with E-state index in [1.54, 1.807) is 11.3 Å². The number of ether oxygens (including phenoxy) is 1. The molecule has 0 N–H and O–H groups in total. The van der Waals surface area contributed by atoms with Gasteiger partial charge in [-0.1, -0.05) is 6.07 Å². The van der Waals surface area contributed by atoms with E-state index in [-0.39, 0.29) is 0 Å². The maximum atomic E-state index is 5.88. The summed E-state index contributed by atoms with van der Waals surface area (Å²) in [6.45, 7) is 1.55. The molecule has 0 bridgehead atoms. The van der Waals surface area contributed by atoms with Gasteiger partial charge in [-0.3, -0.25) is 4.98 Å². The third-order valence-corrected chi connectivity index (χ3v) is 4.31. The predicted molar refractivity (Wildman–Crippen MR) is 78.6 cm³/mol.